The van der Waals surface area contributed by atoms with Crippen LogP contribution in [0, 0.1) is 0 Å². The highest BCUT2D eigenvalue weighted by molar-refractivity contribution is 5.91. The Bertz CT molecular complexity index is 789. The maximum atomic E-state index is 12.3. The smallest absolute Gasteiger partial charge is 0.279 e. The van der Waals surface area contributed by atoms with Crippen LogP contribution in [-0.4, -0.2) is 63.2 Å². The number of carbonyl (C=O) groups excluding carboxylic acids is 2. The number of nitrogens with one attached hydrogen (secondary N) is 2. The molecule has 0 bridgehead atoms. The molecule has 0 saturated carbocycles. The highest BCUT2D eigenvalue weighted by Crippen LogP contribution is 2.17. The normalized spacial score (nSPS) is 14.9. The molecule has 2 aromatic carbocycles. The number of carbonyl (C=O) groups is 2. The first kappa shape index (κ1) is 20.8. The number of amides is 2. The Labute approximate surface area is 171 Å². The van der Waals surface area contributed by atoms with Gasteiger partial charge in [-0.3, -0.25) is 9.59 Å². The largest absolute Gasteiger partial charge is 0.489 e. The second-order valence-corrected chi connectivity index (χ2v) is 7.15. The summed E-state index contributed by atoms with van der Waals surface area (Å²) in [5, 5.41) is 2.87. The van der Waals surface area contributed by atoms with Gasteiger partial charge in [0.05, 0.1) is 20.3 Å². The zero-order valence-corrected chi connectivity index (χ0v) is 16.7. The first-order valence-electron chi connectivity index (χ1n) is 9.83. The fourth-order valence-electron chi connectivity index (χ4n) is 3.10. The van der Waals surface area contributed by atoms with E-state index in [1.807, 2.05) is 61.6 Å². The van der Waals surface area contributed by atoms with Gasteiger partial charge in [0.15, 0.2) is 13.1 Å². The lowest BCUT2D eigenvalue weighted by atomic mass is 10.2. The van der Waals surface area contributed by atoms with Gasteiger partial charge in [0.2, 0.25) is 0 Å². The maximum Gasteiger partial charge on any atom is 0.279 e. The van der Waals surface area contributed by atoms with Crippen molar-refractivity contribution >= 4 is 17.5 Å². The van der Waals surface area contributed by atoms with E-state index < -0.39 is 0 Å². The highest BCUT2D eigenvalue weighted by Gasteiger charge is 2.21. The molecule has 2 N–H and O–H groups in total. The van der Waals surface area contributed by atoms with Gasteiger partial charge in [-0.15, -0.1) is 0 Å². The zero-order valence-electron chi connectivity index (χ0n) is 16.7. The average Bonchev–Trinajstić information content (AvgIpc) is 2.74. The molecule has 2 aromatic rings. The molecule has 1 fully saturated rings. The van der Waals surface area contributed by atoms with Gasteiger partial charge in [-0.1, -0.05) is 30.3 Å². The molecule has 0 aliphatic carbocycles. The van der Waals surface area contributed by atoms with Gasteiger partial charge < -0.3 is 24.6 Å². The summed E-state index contributed by atoms with van der Waals surface area (Å²) in [6.45, 7) is 3.42. The molecule has 0 aromatic heterocycles. The van der Waals surface area contributed by atoms with Crippen molar-refractivity contribution in [2.75, 3.05) is 51.8 Å². The Kier molecular flexibility index (Phi) is 7.61. The van der Waals surface area contributed by atoms with Crippen molar-refractivity contribution in [3.05, 3.63) is 60.2 Å². The SMILES string of the molecule is C[NH+](CC(=O)Nc1ccc(OCc2ccccc2)cc1)CC(=O)N1CCOCC1. The van der Waals surface area contributed by atoms with Crippen LogP contribution in [0.15, 0.2) is 54.6 Å². The number of ether oxygens (including phenoxy) is 2. The number of benzene rings is 2. The Morgan fingerprint density at radius 1 is 1.03 bits per heavy atom. The first-order valence-corrected chi connectivity index (χ1v) is 9.83. The minimum Gasteiger partial charge on any atom is -0.489 e. The van der Waals surface area contributed by atoms with E-state index >= 15 is 0 Å². The molecule has 1 aliphatic heterocycles. The summed E-state index contributed by atoms with van der Waals surface area (Å²) in [7, 11) is 1.85. The van der Waals surface area contributed by atoms with Gasteiger partial charge >= 0.3 is 0 Å². The molecule has 0 spiro atoms. The molecule has 2 amide bonds. The number of morpholine rings is 1. The van der Waals surface area contributed by atoms with E-state index in [0.29, 0.717) is 45.1 Å². The molecule has 7 nitrogen and oxygen atoms in total. The standard InChI is InChI=1S/C22H27N3O4/c1-24(16-22(27)25-11-13-28-14-12-25)15-21(26)23-19-7-9-20(10-8-19)29-17-18-5-3-2-4-6-18/h2-10H,11-17H2,1H3,(H,23,26)/p+1. The van der Waals surface area contributed by atoms with Crippen molar-refractivity contribution < 1.29 is 24.0 Å². The van der Waals surface area contributed by atoms with Crippen molar-refractivity contribution in [1.29, 1.82) is 0 Å². The fraction of sp³-hybridized carbons (Fsp3) is 0.364. The second kappa shape index (κ2) is 10.6. The zero-order chi connectivity index (χ0) is 20.5. The van der Waals surface area contributed by atoms with Crippen molar-refractivity contribution in [3.63, 3.8) is 0 Å². The molecule has 0 radical (unpaired) electrons. The van der Waals surface area contributed by atoms with E-state index in [1.54, 1.807) is 4.90 Å². The average molecular weight is 398 g/mol. The molecular formula is C22H28N3O4+. The van der Waals surface area contributed by atoms with Crippen LogP contribution in [0.1, 0.15) is 5.56 Å². The van der Waals surface area contributed by atoms with Gasteiger partial charge in [-0.05, 0) is 29.8 Å². The van der Waals surface area contributed by atoms with Crippen LogP contribution in [0.2, 0.25) is 0 Å². The minimum atomic E-state index is -0.129. The lowest BCUT2D eigenvalue weighted by molar-refractivity contribution is -0.862. The molecule has 1 heterocycles. The molecule has 1 atom stereocenters. The van der Waals surface area contributed by atoms with E-state index in [4.69, 9.17) is 9.47 Å². The molecule has 154 valence electrons. The predicted molar refractivity (Wildman–Crippen MR) is 110 cm³/mol. The van der Waals surface area contributed by atoms with E-state index in [1.165, 1.54) is 0 Å². The monoisotopic (exact) mass is 398 g/mol. The number of likely N-dealkylation sites (N-methyl/N-ethyl adjacent to an activating group) is 1. The summed E-state index contributed by atoms with van der Waals surface area (Å²) in [5.41, 5.74) is 1.80. The minimum absolute atomic E-state index is 0.0542. The number of nitrogens with zero attached hydrogens (tertiary/aromatic N) is 1. The van der Waals surface area contributed by atoms with E-state index in [0.717, 1.165) is 16.2 Å². The van der Waals surface area contributed by atoms with Crippen molar-refractivity contribution in [2.24, 2.45) is 0 Å². The van der Waals surface area contributed by atoms with Crippen LogP contribution in [0.3, 0.4) is 0 Å². The maximum absolute atomic E-state index is 12.3. The Balaban J connectivity index is 1.40. The van der Waals surface area contributed by atoms with E-state index in [2.05, 4.69) is 5.32 Å². The molecule has 7 heteroatoms. The molecule has 1 saturated heterocycles. The van der Waals surface area contributed by atoms with Crippen LogP contribution < -0.4 is 15.0 Å². The van der Waals surface area contributed by atoms with Gasteiger partial charge in [0.25, 0.3) is 11.8 Å². The quantitative estimate of drug-likeness (QED) is 0.682. The summed E-state index contributed by atoms with van der Waals surface area (Å²) < 4.78 is 11.0. The number of hydrogen-bond donors (Lipinski definition) is 2. The number of rotatable bonds is 8. The van der Waals surface area contributed by atoms with Crippen LogP contribution in [0.5, 0.6) is 5.75 Å². The lowest BCUT2D eigenvalue weighted by Crippen LogP contribution is -3.11. The molecule has 1 unspecified atom stereocenters. The third kappa shape index (κ3) is 6.89. The molecule has 1 aliphatic rings. The van der Waals surface area contributed by atoms with Crippen molar-refractivity contribution in [2.45, 2.75) is 6.61 Å². The second-order valence-electron chi connectivity index (χ2n) is 7.15. The van der Waals surface area contributed by atoms with Crippen LogP contribution in [0.4, 0.5) is 5.69 Å². The number of anilines is 1. The lowest BCUT2D eigenvalue weighted by Gasteiger charge is -2.27. The Hall–Kier alpha value is -2.90. The topological polar surface area (TPSA) is 72.3 Å². The predicted octanol–water partition coefficient (Wildman–Crippen LogP) is 0.578. The Morgan fingerprint density at radius 3 is 2.41 bits per heavy atom. The third-order valence-corrected chi connectivity index (χ3v) is 4.67. The van der Waals surface area contributed by atoms with Gasteiger partial charge in [-0.2, -0.15) is 0 Å². The highest BCUT2D eigenvalue weighted by atomic mass is 16.5. The van der Waals surface area contributed by atoms with E-state index in [9.17, 15) is 9.59 Å². The summed E-state index contributed by atoms with van der Waals surface area (Å²) in [5.74, 6) is 0.666. The fourth-order valence-corrected chi connectivity index (χ4v) is 3.10. The van der Waals surface area contributed by atoms with Gasteiger partial charge in [-0.25, -0.2) is 0 Å². The van der Waals surface area contributed by atoms with Crippen LogP contribution in [-0.2, 0) is 20.9 Å². The number of hydrogen-bond acceptors (Lipinski definition) is 4. The summed E-state index contributed by atoms with van der Waals surface area (Å²) in [6, 6.07) is 17.2. The third-order valence-electron chi connectivity index (χ3n) is 4.67. The van der Waals surface area contributed by atoms with Gasteiger partial charge in [0.1, 0.15) is 12.4 Å². The molecule has 3 rings (SSSR count). The van der Waals surface area contributed by atoms with Gasteiger partial charge in [0, 0.05) is 18.8 Å². The summed E-state index contributed by atoms with van der Waals surface area (Å²) in [4.78, 5) is 27.2. The van der Waals surface area contributed by atoms with E-state index in [-0.39, 0.29) is 18.4 Å². The molecule has 29 heavy (non-hydrogen) atoms. The number of quaternary nitrogens is 1. The summed E-state index contributed by atoms with van der Waals surface area (Å²) in [6.07, 6.45) is 0. The Morgan fingerprint density at radius 2 is 1.72 bits per heavy atom. The van der Waals surface area contributed by atoms with Crippen LogP contribution in [0.25, 0.3) is 0 Å². The first-order chi connectivity index (χ1) is 14.1. The van der Waals surface area contributed by atoms with Crippen molar-refractivity contribution in [1.82, 2.24) is 4.90 Å². The molecular weight excluding hydrogens is 370 g/mol. The van der Waals surface area contributed by atoms with Crippen LogP contribution >= 0.6 is 0 Å². The van der Waals surface area contributed by atoms with Crippen molar-refractivity contribution in [3.8, 4) is 5.75 Å². The summed E-state index contributed by atoms with van der Waals surface area (Å²) >= 11 is 0.